The van der Waals surface area contributed by atoms with Gasteiger partial charge in [0, 0.05) is 11.6 Å². The van der Waals surface area contributed by atoms with E-state index in [9.17, 15) is 9.90 Å². The number of hydrogen-bond donors (Lipinski definition) is 1. The van der Waals surface area contributed by atoms with E-state index in [0.717, 1.165) is 18.4 Å². The maximum Gasteiger partial charge on any atom is 0.331 e. The molecular formula is C26H51NO2. The maximum absolute atomic E-state index is 11.4. The molecule has 172 valence electrons. The number of aliphatic carboxylic acids is 1. The zero-order valence-electron chi connectivity index (χ0n) is 20.4. The highest BCUT2D eigenvalue weighted by molar-refractivity contribution is 5.87. The monoisotopic (exact) mass is 409 g/mol. The molecule has 0 saturated heterocycles. The molecule has 3 nitrogen and oxygen atoms in total. The van der Waals surface area contributed by atoms with Crippen molar-refractivity contribution in [1.82, 2.24) is 4.90 Å². The SMILES string of the molecule is CCCCCCCCCCCCCCCCCC/C(=C(\C)C(=O)O)C(C)N(C)C. The van der Waals surface area contributed by atoms with Gasteiger partial charge in [-0.3, -0.25) is 0 Å². The van der Waals surface area contributed by atoms with Gasteiger partial charge in [-0.25, -0.2) is 4.79 Å². The molecule has 0 aromatic heterocycles. The fourth-order valence-electron chi connectivity index (χ4n) is 4.02. The van der Waals surface area contributed by atoms with Crippen molar-refractivity contribution in [2.75, 3.05) is 14.1 Å². The van der Waals surface area contributed by atoms with Crippen LogP contribution in [-0.2, 0) is 4.79 Å². The van der Waals surface area contributed by atoms with Crippen LogP contribution < -0.4 is 0 Å². The van der Waals surface area contributed by atoms with Crippen LogP contribution in [0.1, 0.15) is 130 Å². The lowest BCUT2D eigenvalue weighted by molar-refractivity contribution is -0.132. The summed E-state index contributed by atoms with van der Waals surface area (Å²) >= 11 is 0. The van der Waals surface area contributed by atoms with Crippen molar-refractivity contribution in [3.63, 3.8) is 0 Å². The molecule has 0 aliphatic rings. The third kappa shape index (κ3) is 15.6. The third-order valence-electron chi connectivity index (χ3n) is 6.38. The zero-order chi connectivity index (χ0) is 21.9. The van der Waals surface area contributed by atoms with Crippen LogP contribution in [0.3, 0.4) is 0 Å². The Labute approximate surface area is 182 Å². The first kappa shape index (κ1) is 28.2. The fourth-order valence-corrected chi connectivity index (χ4v) is 4.02. The van der Waals surface area contributed by atoms with Gasteiger partial charge in [-0.05, 0) is 46.4 Å². The van der Waals surface area contributed by atoms with Crippen molar-refractivity contribution >= 4 is 5.97 Å². The number of carbonyl (C=O) groups is 1. The van der Waals surface area contributed by atoms with Gasteiger partial charge in [0.05, 0.1) is 0 Å². The van der Waals surface area contributed by atoms with Crippen molar-refractivity contribution in [2.45, 2.75) is 136 Å². The Morgan fingerprint density at radius 3 is 1.38 bits per heavy atom. The number of likely N-dealkylation sites (N-methyl/N-ethyl adjacent to an activating group) is 1. The number of nitrogens with zero attached hydrogens (tertiary/aromatic N) is 1. The van der Waals surface area contributed by atoms with Crippen LogP contribution in [0.4, 0.5) is 0 Å². The summed E-state index contributed by atoms with van der Waals surface area (Å²) in [6.45, 7) is 6.14. The molecule has 0 fully saturated rings. The molecule has 1 unspecified atom stereocenters. The predicted molar refractivity (Wildman–Crippen MR) is 128 cm³/mol. The largest absolute Gasteiger partial charge is 0.478 e. The van der Waals surface area contributed by atoms with Crippen molar-refractivity contribution in [1.29, 1.82) is 0 Å². The van der Waals surface area contributed by atoms with Crippen molar-refractivity contribution in [2.24, 2.45) is 0 Å². The first-order valence-corrected chi connectivity index (χ1v) is 12.5. The van der Waals surface area contributed by atoms with Crippen LogP contribution in [0.15, 0.2) is 11.1 Å². The molecule has 0 spiro atoms. The number of carboxylic acid groups (broad SMARTS) is 1. The van der Waals surface area contributed by atoms with Crippen LogP contribution in [-0.4, -0.2) is 36.1 Å². The van der Waals surface area contributed by atoms with Gasteiger partial charge in [-0.1, -0.05) is 103 Å². The summed E-state index contributed by atoms with van der Waals surface area (Å²) in [5, 5.41) is 9.34. The second kappa shape index (κ2) is 19.2. The Balaban J connectivity index is 3.63. The highest BCUT2D eigenvalue weighted by Crippen LogP contribution is 2.21. The molecule has 29 heavy (non-hydrogen) atoms. The van der Waals surface area contributed by atoms with E-state index in [-0.39, 0.29) is 6.04 Å². The van der Waals surface area contributed by atoms with Gasteiger partial charge in [0.2, 0.25) is 0 Å². The summed E-state index contributed by atoms with van der Waals surface area (Å²) in [6, 6.07) is 0.197. The third-order valence-corrected chi connectivity index (χ3v) is 6.38. The standard InChI is InChI=1S/C26H51NO2/c1-6-7-8-9-10-11-12-13-14-15-16-17-18-19-20-21-22-25(23(2)26(28)29)24(3)27(4)5/h24H,6-22H2,1-5H3,(H,28,29)/b25-23-. The van der Waals surface area contributed by atoms with E-state index in [1.807, 2.05) is 14.1 Å². The second-order valence-corrected chi connectivity index (χ2v) is 9.15. The van der Waals surface area contributed by atoms with E-state index < -0.39 is 5.97 Å². The summed E-state index contributed by atoms with van der Waals surface area (Å²) in [7, 11) is 4.04. The van der Waals surface area contributed by atoms with Crippen LogP contribution in [0.2, 0.25) is 0 Å². The molecule has 0 aliphatic carbocycles. The molecule has 0 amide bonds. The summed E-state index contributed by atoms with van der Waals surface area (Å²) in [4.78, 5) is 13.5. The molecule has 3 heteroatoms. The van der Waals surface area contributed by atoms with Gasteiger partial charge in [0.15, 0.2) is 0 Å². The summed E-state index contributed by atoms with van der Waals surface area (Å²) in [5.41, 5.74) is 1.63. The van der Waals surface area contributed by atoms with Gasteiger partial charge >= 0.3 is 5.97 Å². The van der Waals surface area contributed by atoms with E-state index in [1.54, 1.807) is 6.92 Å². The van der Waals surface area contributed by atoms with E-state index in [2.05, 4.69) is 18.7 Å². The lowest BCUT2D eigenvalue weighted by Crippen LogP contribution is -2.28. The van der Waals surface area contributed by atoms with E-state index >= 15 is 0 Å². The van der Waals surface area contributed by atoms with Crippen LogP contribution in [0.5, 0.6) is 0 Å². The normalized spacial score (nSPS) is 13.6. The lowest BCUT2D eigenvalue weighted by atomic mass is 9.95. The average Bonchev–Trinajstić information content (AvgIpc) is 2.69. The molecular weight excluding hydrogens is 358 g/mol. The molecule has 0 aromatic rings. The predicted octanol–water partition coefficient (Wildman–Crippen LogP) is 7.99. The molecule has 0 bridgehead atoms. The van der Waals surface area contributed by atoms with Crippen molar-refractivity contribution in [3.05, 3.63) is 11.1 Å². The van der Waals surface area contributed by atoms with Crippen molar-refractivity contribution < 1.29 is 9.90 Å². The number of unbranched alkanes of at least 4 members (excludes halogenated alkanes) is 15. The number of hydrogen-bond acceptors (Lipinski definition) is 2. The van der Waals surface area contributed by atoms with E-state index in [1.165, 1.54) is 96.3 Å². The van der Waals surface area contributed by atoms with E-state index in [4.69, 9.17) is 0 Å². The van der Waals surface area contributed by atoms with Crippen LogP contribution >= 0.6 is 0 Å². The summed E-state index contributed by atoms with van der Waals surface area (Å²) < 4.78 is 0. The Morgan fingerprint density at radius 2 is 1.07 bits per heavy atom. The van der Waals surface area contributed by atoms with E-state index in [0.29, 0.717) is 5.57 Å². The number of rotatable bonds is 20. The van der Waals surface area contributed by atoms with Gasteiger partial charge in [-0.15, -0.1) is 0 Å². The minimum Gasteiger partial charge on any atom is -0.478 e. The Hall–Kier alpha value is -0.830. The molecule has 1 atom stereocenters. The minimum atomic E-state index is -0.773. The molecule has 0 radical (unpaired) electrons. The quantitative estimate of drug-likeness (QED) is 0.164. The smallest absolute Gasteiger partial charge is 0.331 e. The average molecular weight is 410 g/mol. The highest BCUT2D eigenvalue weighted by atomic mass is 16.4. The van der Waals surface area contributed by atoms with Crippen molar-refractivity contribution in [3.8, 4) is 0 Å². The lowest BCUT2D eigenvalue weighted by Gasteiger charge is -2.24. The summed E-state index contributed by atoms with van der Waals surface area (Å²) in [5.74, 6) is -0.773. The van der Waals surface area contributed by atoms with Gasteiger partial charge in [0.25, 0.3) is 0 Å². The Bertz CT molecular complexity index is 428. The molecule has 0 heterocycles. The molecule has 0 rings (SSSR count). The Morgan fingerprint density at radius 1 is 0.724 bits per heavy atom. The van der Waals surface area contributed by atoms with Crippen LogP contribution in [0.25, 0.3) is 0 Å². The zero-order valence-corrected chi connectivity index (χ0v) is 20.4. The van der Waals surface area contributed by atoms with Gasteiger partial charge < -0.3 is 10.0 Å². The maximum atomic E-state index is 11.4. The molecule has 0 saturated carbocycles. The highest BCUT2D eigenvalue weighted by Gasteiger charge is 2.17. The molecule has 1 N–H and O–H groups in total. The van der Waals surface area contributed by atoms with Gasteiger partial charge in [-0.2, -0.15) is 0 Å². The molecule has 0 aromatic carbocycles. The second-order valence-electron chi connectivity index (χ2n) is 9.15. The first-order valence-electron chi connectivity index (χ1n) is 12.5. The van der Waals surface area contributed by atoms with Gasteiger partial charge in [0.1, 0.15) is 0 Å². The first-order chi connectivity index (χ1) is 13.9. The molecule has 0 aliphatic heterocycles. The topological polar surface area (TPSA) is 40.5 Å². The van der Waals surface area contributed by atoms with Crippen LogP contribution in [0, 0.1) is 0 Å². The minimum absolute atomic E-state index is 0.197. The fraction of sp³-hybridized carbons (Fsp3) is 0.885. The Kier molecular flexibility index (Phi) is 18.6. The summed E-state index contributed by atoms with van der Waals surface area (Å²) in [6.07, 6.45) is 22.8. The number of carboxylic acids is 1.